The fraction of sp³-hybridized carbons (Fsp3) is 0.333. The number of H-pyrrole nitrogens is 1. The van der Waals surface area contributed by atoms with E-state index in [1.807, 2.05) is 57.2 Å². The summed E-state index contributed by atoms with van der Waals surface area (Å²) in [6.45, 7) is 8.77. The number of aromatic amines is 1. The molecule has 0 aliphatic heterocycles. The highest BCUT2D eigenvalue weighted by atomic mass is 16.5. The SMILES string of the molecule is CCCc1nc2c(C)cc(C(=O)N[C@H](CC(C)C)CN(O)C=O)cc2n1Cc1ccc(-c2ccccc2-c2nn[nH]n2)cc1. The first-order valence-corrected chi connectivity index (χ1v) is 14.9. The predicted octanol–water partition coefficient (Wildman–Crippen LogP) is 5.18. The Kier molecular flexibility index (Phi) is 9.44. The number of carbonyl (C=O) groups is 2. The molecule has 3 aromatic carbocycles. The molecule has 11 nitrogen and oxygen atoms in total. The summed E-state index contributed by atoms with van der Waals surface area (Å²) in [5.74, 6) is 1.52. The number of tetrazole rings is 1. The van der Waals surface area contributed by atoms with Gasteiger partial charge in [0.1, 0.15) is 5.82 Å². The van der Waals surface area contributed by atoms with Gasteiger partial charge in [-0.25, -0.2) is 10.0 Å². The molecule has 0 unspecified atom stereocenters. The quantitative estimate of drug-likeness (QED) is 0.0968. The molecule has 228 valence electrons. The lowest BCUT2D eigenvalue weighted by molar-refractivity contribution is -0.151. The lowest BCUT2D eigenvalue weighted by Crippen LogP contribution is -2.43. The van der Waals surface area contributed by atoms with Crippen molar-refractivity contribution >= 4 is 23.4 Å². The number of fused-ring (bicyclic) bond motifs is 1. The third-order valence-electron chi connectivity index (χ3n) is 7.60. The maximum absolute atomic E-state index is 13.4. The average Bonchev–Trinajstić information content (AvgIpc) is 3.67. The van der Waals surface area contributed by atoms with Crippen molar-refractivity contribution in [1.82, 2.24) is 40.6 Å². The molecule has 2 heterocycles. The Hall–Kier alpha value is -4.90. The maximum Gasteiger partial charge on any atom is 0.251 e. The number of amides is 2. The number of rotatable bonds is 13. The molecule has 2 aromatic heterocycles. The first-order chi connectivity index (χ1) is 21.3. The zero-order chi connectivity index (χ0) is 31.2. The van der Waals surface area contributed by atoms with Gasteiger partial charge in [0.15, 0.2) is 0 Å². The molecule has 0 saturated heterocycles. The van der Waals surface area contributed by atoms with Crippen molar-refractivity contribution in [3.8, 4) is 22.5 Å². The molecule has 0 saturated carbocycles. The zero-order valence-corrected chi connectivity index (χ0v) is 25.5. The molecule has 3 N–H and O–H groups in total. The van der Waals surface area contributed by atoms with Gasteiger partial charge in [-0.1, -0.05) is 69.3 Å². The van der Waals surface area contributed by atoms with E-state index >= 15 is 0 Å². The van der Waals surface area contributed by atoms with E-state index in [1.54, 1.807) is 0 Å². The van der Waals surface area contributed by atoms with Gasteiger partial charge in [0, 0.05) is 30.1 Å². The number of benzene rings is 3. The van der Waals surface area contributed by atoms with E-state index in [0.717, 1.165) is 57.5 Å². The van der Waals surface area contributed by atoms with E-state index in [0.29, 0.717) is 35.8 Å². The van der Waals surface area contributed by atoms with Crippen LogP contribution in [0.15, 0.2) is 60.7 Å². The first kappa shape index (κ1) is 30.6. The number of imidazole rings is 1. The summed E-state index contributed by atoms with van der Waals surface area (Å²) in [5.41, 5.74) is 7.24. The number of hydrogen-bond donors (Lipinski definition) is 3. The van der Waals surface area contributed by atoms with E-state index in [2.05, 4.69) is 61.7 Å². The minimum Gasteiger partial charge on any atom is -0.347 e. The summed E-state index contributed by atoms with van der Waals surface area (Å²) in [6, 6.07) is 19.7. The molecule has 5 rings (SSSR count). The number of carbonyl (C=O) groups excluding carboxylic acids is 2. The number of nitrogens with one attached hydrogen (secondary N) is 2. The highest BCUT2D eigenvalue weighted by Gasteiger charge is 2.21. The van der Waals surface area contributed by atoms with Crippen LogP contribution in [-0.4, -0.2) is 65.3 Å². The highest BCUT2D eigenvalue weighted by Crippen LogP contribution is 2.30. The second kappa shape index (κ2) is 13.6. The molecule has 1 atom stereocenters. The van der Waals surface area contributed by atoms with Gasteiger partial charge < -0.3 is 9.88 Å². The fourth-order valence-electron chi connectivity index (χ4n) is 5.63. The minimum atomic E-state index is -0.391. The van der Waals surface area contributed by atoms with Crippen LogP contribution in [0.5, 0.6) is 0 Å². The van der Waals surface area contributed by atoms with E-state index in [4.69, 9.17) is 4.98 Å². The van der Waals surface area contributed by atoms with Crippen molar-refractivity contribution in [2.75, 3.05) is 6.54 Å². The third-order valence-corrected chi connectivity index (χ3v) is 7.60. The molecule has 0 spiro atoms. The van der Waals surface area contributed by atoms with Crippen LogP contribution in [-0.2, 0) is 17.8 Å². The molecule has 44 heavy (non-hydrogen) atoms. The number of nitrogens with zero attached hydrogens (tertiary/aromatic N) is 6. The summed E-state index contributed by atoms with van der Waals surface area (Å²) in [7, 11) is 0. The minimum absolute atomic E-state index is 0.0167. The Morgan fingerprint density at radius 2 is 1.86 bits per heavy atom. The molecule has 0 bridgehead atoms. The number of aryl methyl sites for hydroxylation is 2. The Labute approximate surface area is 256 Å². The van der Waals surface area contributed by atoms with Gasteiger partial charge in [0.05, 0.1) is 17.6 Å². The molecule has 5 aromatic rings. The van der Waals surface area contributed by atoms with Crippen LogP contribution >= 0.6 is 0 Å². The van der Waals surface area contributed by atoms with Crippen molar-refractivity contribution in [1.29, 1.82) is 0 Å². The monoisotopic (exact) mass is 594 g/mol. The second-order valence-corrected chi connectivity index (χ2v) is 11.5. The van der Waals surface area contributed by atoms with Crippen LogP contribution in [0, 0.1) is 12.8 Å². The van der Waals surface area contributed by atoms with E-state index in [9.17, 15) is 14.8 Å². The van der Waals surface area contributed by atoms with Crippen molar-refractivity contribution in [3.63, 3.8) is 0 Å². The second-order valence-electron chi connectivity index (χ2n) is 11.5. The molecule has 0 aliphatic rings. The van der Waals surface area contributed by atoms with Crippen molar-refractivity contribution in [2.24, 2.45) is 5.92 Å². The van der Waals surface area contributed by atoms with Gasteiger partial charge in [-0.05, 0) is 65.3 Å². The van der Waals surface area contributed by atoms with E-state index < -0.39 is 6.04 Å². The normalized spacial score (nSPS) is 12.0. The topological polar surface area (TPSA) is 142 Å². The van der Waals surface area contributed by atoms with Gasteiger partial charge >= 0.3 is 0 Å². The van der Waals surface area contributed by atoms with Crippen LogP contribution in [0.25, 0.3) is 33.5 Å². The Morgan fingerprint density at radius 1 is 1.11 bits per heavy atom. The van der Waals surface area contributed by atoms with Gasteiger partial charge in [0.25, 0.3) is 5.91 Å². The summed E-state index contributed by atoms with van der Waals surface area (Å²) in [6.07, 6.45) is 2.71. The molecule has 0 aliphatic carbocycles. The largest absolute Gasteiger partial charge is 0.347 e. The van der Waals surface area contributed by atoms with Crippen LogP contribution in [0.3, 0.4) is 0 Å². The Bertz CT molecular complexity index is 1730. The van der Waals surface area contributed by atoms with Crippen LogP contribution in [0.2, 0.25) is 0 Å². The Balaban J connectivity index is 1.45. The fourth-order valence-corrected chi connectivity index (χ4v) is 5.63. The molecule has 11 heteroatoms. The van der Waals surface area contributed by atoms with Crippen LogP contribution in [0.1, 0.15) is 60.9 Å². The zero-order valence-electron chi connectivity index (χ0n) is 25.5. The standard InChI is InChI=1S/C33H38N8O3/c1-5-8-30-35-31-22(4)16-25(33(43)34-26(15-21(2)3)19-40(44)20-42)17-29(31)41(30)18-23-11-13-24(14-12-23)27-9-6-7-10-28(27)32-36-38-39-37-32/h6-7,9-14,16-17,20-21,26,44H,5,8,15,18-19H2,1-4H3,(H,34,43)(H,36,37,38,39)/t26-/m1/s1. The lowest BCUT2D eigenvalue weighted by atomic mass is 9.98. The maximum atomic E-state index is 13.4. The van der Waals surface area contributed by atoms with E-state index in [-0.39, 0.29) is 18.4 Å². The van der Waals surface area contributed by atoms with Gasteiger partial charge in [-0.15, -0.1) is 10.2 Å². The summed E-state index contributed by atoms with van der Waals surface area (Å²) < 4.78 is 2.19. The number of aromatic nitrogens is 6. The van der Waals surface area contributed by atoms with Crippen molar-refractivity contribution in [2.45, 2.75) is 59.5 Å². The molecule has 0 fully saturated rings. The van der Waals surface area contributed by atoms with Gasteiger partial charge in [-0.2, -0.15) is 5.21 Å². The highest BCUT2D eigenvalue weighted by molar-refractivity contribution is 5.98. The van der Waals surface area contributed by atoms with Crippen molar-refractivity contribution < 1.29 is 14.8 Å². The molecular formula is C33H38N8O3. The molecular weight excluding hydrogens is 556 g/mol. The average molecular weight is 595 g/mol. The predicted molar refractivity (Wildman–Crippen MR) is 168 cm³/mol. The molecule has 2 amide bonds. The summed E-state index contributed by atoms with van der Waals surface area (Å²) >= 11 is 0. The molecule has 0 radical (unpaired) electrons. The van der Waals surface area contributed by atoms with Gasteiger partial charge in [0.2, 0.25) is 12.2 Å². The first-order valence-electron chi connectivity index (χ1n) is 14.9. The summed E-state index contributed by atoms with van der Waals surface area (Å²) in [4.78, 5) is 29.4. The Morgan fingerprint density at radius 3 is 2.52 bits per heavy atom. The van der Waals surface area contributed by atoms with Crippen LogP contribution in [0.4, 0.5) is 0 Å². The smallest absolute Gasteiger partial charge is 0.251 e. The van der Waals surface area contributed by atoms with Crippen LogP contribution < -0.4 is 5.32 Å². The lowest BCUT2D eigenvalue weighted by Gasteiger charge is -2.23. The van der Waals surface area contributed by atoms with Gasteiger partial charge in [-0.3, -0.25) is 14.8 Å². The van der Waals surface area contributed by atoms with Crippen molar-refractivity contribution in [3.05, 3.63) is 83.2 Å². The van der Waals surface area contributed by atoms with E-state index in [1.165, 1.54) is 0 Å². The number of hydrogen-bond acceptors (Lipinski definition) is 7. The third kappa shape index (κ3) is 6.84. The summed E-state index contributed by atoms with van der Waals surface area (Å²) in [5, 5.41) is 27.9. The number of hydroxylamine groups is 2.